The molecular formula is C19H24F2N4O3S. The summed E-state index contributed by atoms with van der Waals surface area (Å²) in [4.78, 5) is 22.1. The lowest BCUT2D eigenvalue weighted by molar-refractivity contribution is -0.120. The van der Waals surface area contributed by atoms with Gasteiger partial charge in [-0.3, -0.25) is 4.79 Å². The number of carbonyl (C=O) groups excluding carboxylic acids is 1. The predicted molar refractivity (Wildman–Crippen MR) is 106 cm³/mol. The van der Waals surface area contributed by atoms with Crippen LogP contribution in [0.25, 0.3) is 10.3 Å². The van der Waals surface area contributed by atoms with E-state index in [0.717, 1.165) is 12.8 Å². The summed E-state index contributed by atoms with van der Waals surface area (Å²) in [6.45, 7) is 3.90. The lowest BCUT2D eigenvalue weighted by Crippen LogP contribution is -2.56. The van der Waals surface area contributed by atoms with Gasteiger partial charge in [0.25, 0.3) is 5.92 Å². The van der Waals surface area contributed by atoms with Crippen LogP contribution in [-0.2, 0) is 9.53 Å². The Morgan fingerprint density at radius 2 is 2.14 bits per heavy atom. The fourth-order valence-electron chi connectivity index (χ4n) is 3.47. The van der Waals surface area contributed by atoms with Gasteiger partial charge in [0, 0.05) is 19.0 Å². The zero-order chi connectivity index (χ0) is 20.6. The number of pyridine rings is 1. The molecule has 1 atom stereocenters. The molecule has 2 aromatic heterocycles. The summed E-state index contributed by atoms with van der Waals surface area (Å²) >= 11 is 1.30. The molecule has 2 aliphatic rings. The van der Waals surface area contributed by atoms with Gasteiger partial charge in [0.05, 0.1) is 32.4 Å². The Kier molecular flexibility index (Phi) is 5.56. The number of hydrogen-bond acceptors (Lipinski definition) is 7. The van der Waals surface area contributed by atoms with Gasteiger partial charge in [-0.15, -0.1) is 0 Å². The maximum absolute atomic E-state index is 13.0. The predicted octanol–water partition coefficient (Wildman–Crippen LogP) is 2.85. The van der Waals surface area contributed by atoms with Gasteiger partial charge < -0.3 is 19.7 Å². The molecule has 7 nitrogen and oxygen atoms in total. The van der Waals surface area contributed by atoms with Crippen LogP contribution in [0.1, 0.15) is 26.7 Å². The van der Waals surface area contributed by atoms with Crippen LogP contribution in [-0.4, -0.2) is 60.2 Å². The zero-order valence-electron chi connectivity index (χ0n) is 16.4. The molecule has 0 aromatic carbocycles. The molecule has 0 bridgehead atoms. The summed E-state index contributed by atoms with van der Waals surface area (Å²) in [7, 11) is 0. The Bertz CT molecular complexity index is 879. The lowest BCUT2D eigenvalue weighted by atomic mass is 9.83. The molecule has 2 fully saturated rings. The minimum atomic E-state index is -2.62. The zero-order valence-corrected chi connectivity index (χ0v) is 17.2. The molecule has 158 valence electrons. The molecule has 1 saturated carbocycles. The number of carbonyl (C=O) groups is 1. The molecule has 1 unspecified atom stereocenters. The van der Waals surface area contributed by atoms with Gasteiger partial charge in [0.2, 0.25) is 11.8 Å². The van der Waals surface area contributed by atoms with Gasteiger partial charge in [-0.25, -0.2) is 18.7 Å². The van der Waals surface area contributed by atoms with E-state index in [2.05, 4.69) is 15.3 Å². The van der Waals surface area contributed by atoms with Crippen LogP contribution < -0.4 is 15.0 Å². The Labute approximate surface area is 171 Å². The molecule has 3 heterocycles. The number of nitrogens with one attached hydrogen (secondary N) is 1. The number of anilines is 1. The molecule has 1 amide bonds. The van der Waals surface area contributed by atoms with Crippen molar-refractivity contribution in [3.05, 3.63) is 12.1 Å². The van der Waals surface area contributed by atoms with E-state index in [1.165, 1.54) is 18.3 Å². The molecule has 29 heavy (non-hydrogen) atoms. The van der Waals surface area contributed by atoms with E-state index in [1.807, 2.05) is 13.0 Å². The third-order valence-electron chi connectivity index (χ3n) is 5.02. The first-order valence-electron chi connectivity index (χ1n) is 9.69. The van der Waals surface area contributed by atoms with Crippen molar-refractivity contribution in [2.75, 3.05) is 31.2 Å². The Hall–Kier alpha value is -2.07. The summed E-state index contributed by atoms with van der Waals surface area (Å²) in [5.74, 6) is -1.74. The van der Waals surface area contributed by atoms with E-state index in [-0.39, 0.29) is 31.1 Å². The van der Waals surface area contributed by atoms with Gasteiger partial charge in [0.1, 0.15) is 10.3 Å². The smallest absolute Gasteiger partial charge is 0.282 e. The molecule has 1 N–H and O–H groups in total. The first-order chi connectivity index (χ1) is 13.8. The second-order valence-electron chi connectivity index (χ2n) is 7.89. The lowest BCUT2D eigenvalue weighted by Gasteiger charge is -2.38. The van der Waals surface area contributed by atoms with Crippen LogP contribution in [0.3, 0.4) is 0 Å². The number of fused-ring (bicyclic) bond motifs is 1. The van der Waals surface area contributed by atoms with Crippen molar-refractivity contribution in [1.29, 1.82) is 0 Å². The third kappa shape index (κ3) is 4.92. The highest BCUT2D eigenvalue weighted by Gasteiger charge is 2.45. The fraction of sp³-hybridized carbons (Fsp3) is 0.632. The minimum Gasteiger partial charge on any atom is -0.477 e. The van der Waals surface area contributed by atoms with Gasteiger partial charge in [-0.2, -0.15) is 0 Å². The second kappa shape index (κ2) is 7.98. The maximum Gasteiger partial charge on any atom is 0.282 e. The number of rotatable bonds is 8. The summed E-state index contributed by atoms with van der Waals surface area (Å²) < 4.78 is 37.7. The topological polar surface area (TPSA) is 76.6 Å². The van der Waals surface area contributed by atoms with Crippen molar-refractivity contribution in [3.63, 3.8) is 0 Å². The molecular weight excluding hydrogens is 402 g/mol. The first-order valence-corrected chi connectivity index (χ1v) is 10.5. The fourth-order valence-corrected chi connectivity index (χ4v) is 4.40. The van der Waals surface area contributed by atoms with Crippen molar-refractivity contribution < 1.29 is 23.0 Å². The third-order valence-corrected chi connectivity index (χ3v) is 6.05. The van der Waals surface area contributed by atoms with Crippen molar-refractivity contribution in [3.8, 4) is 5.88 Å². The molecule has 0 radical (unpaired) electrons. The van der Waals surface area contributed by atoms with Gasteiger partial charge in [-0.1, -0.05) is 11.3 Å². The van der Waals surface area contributed by atoms with Crippen molar-refractivity contribution in [1.82, 2.24) is 15.3 Å². The number of halogens is 2. The number of amides is 1. The molecule has 1 aliphatic heterocycles. The molecule has 1 saturated heterocycles. The summed E-state index contributed by atoms with van der Waals surface area (Å²) in [6, 6.07) is 3.58. The van der Waals surface area contributed by atoms with E-state index in [9.17, 15) is 13.6 Å². The van der Waals surface area contributed by atoms with Crippen LogP contribution in [0.5, 0.6) is 5.88 Å². The summed E-state index contributed by atoms with van der Waals surface area (Å²) in [5.41, 5.74) is 0.693. The monoisotopic (exact) mass is 426 g/mol. The first kappa shape index (κ1) is 20.2. The molecule has 10 heteroatoms. The van der Waals surface area contributed by atoms with Gasteiger partial charge in [-0.05, 0) is 31.7 Å². The highest BCUT2D eigenvalue weighted by Crippen LogP contribution is 2.36. The van der Waals surface area contributed by atoms with Crippen molar-refractivity contribution in [2.45, 2.75) is 44.8 Å². The van der Waals surface area contributed by atoms with Crippen LogP contribution in [0.2, 0.25) is 0 Å². The standard InChI is InChI=1S/C19H24F2N4O3S/c1-11(22-12(2)26)7-27-14-5-13(6-14)8-28-16-4-3-15-17(24-16)29-18(23-15)25-9-19(20,21)10-25/h3-4,11,13-14H,5-10H2,1-2H3,(H,22,26)/t11?,13-,14+. The number of thiazole rings is 1. The largest absolute Gasteiger partial charge is 0.477 e. The average Bonchev–Trinajstić information content (AvgIpc) is 3.00. The number of ether oxygens (including phenoxy) is 2. The van der Waals surface area contributed by atoms with E-state index in [0.29, 0.717) is 40.5 Å². The van der Waals surface area contributed by atoms with Crippen molar-refractivity contribution >= 4 is 32.7 Å². The van der Waals surface area contributed by atoms with Crippen LogP contribution in [0, 0.1) is 5.92 Å². The number of aromatic nitrogens is 2. The molecule has 0 spiro atoms. The molecule has 1 aliphatic carbocycles. The van der Waals surface area contributed by atoms with Gasteiger partial charge >= 0.3 is 0 Å². The van der Waals surface area contributed by atoms with E-state index in [1.54, 1.807) is 11.0 Å². The van der Waals surface area contributed by atoms with E-state index < -0.39 is 5.92 Å². The second-order valence-corrected chi connectivity index (χ2v) is 8.84. The van der Waals surface area contributed by atoms with Crippen LogP contribution in [0.4, 0.5) is 13.9 Å². The Balaban J connectivity index is 1.21. The SMILES string of the molecule is CC(=O)NC(C)CO[C@H]1C[C@@H](COc2ccc3nc(N4CC(F)(F)C4)sc3n2)C1. The quantitative estimate of drug-likeness (QED) is 0.700. The van der Waals surface area contributed by atoms with Gasteiger partial charge in [0.15, 0.2) is 5.13 Å². The Morgan fingerprint density at radius 1 is 1.38 bits per heavy atom. The Morgan fingerprint density at radius 3 is 2.83 bits per heavy atom. The molecule has 4 rings (SSSR count). The minimum absolute atomic E-state index is 0.00511. The number of alkyl halides is 2. The van der Waals surface area contributed by atoms with Crippen molar-refractivity contribution in [2.24, 2.45) is 5.92 Å². The summed E-state index contributed by atoms with van der Waals surface area (Å²) in [6.07, 6.45) is 2.04. The van der Waals surface area contributed by atoms with E-state index in [4.69, 9.17) is 9.47 Å². The number of nitrogens with zero attached hydrogens (tertiary/aromatic N) is 3. The number of hydrogen-bond donors (Lipinski definition) is 1. The highest BCUT2D eigenvalue weighted by atomic mass is 32.1. The maximum atomic E-state index is 13.0. The highest BCUT2D eigenvalue weighted by molar-refractivity contribution is 7.21. The van der Waals surface area contributed by atoms with Crippen LogP contribution in [0.15, 0.2) is 12.1 Å². The van der Waals surface area contributed by atoms with Crippen LogP contribution >= 0.6 is 11.3 Å². The average molecular weight is 426 g/mol. The van der Waals surface area contributed by atoms with E-state index >= 15 is 0 Å². The summed E-state index contributed by atoms with van der Waals surface area (Å²) in [5, 5.41) is 3.37. The normalized spacial score (nSPS) is 23.9. The molecule has 2 aromatic rings.